The summed E-state index contributed by atoms with van der Waals surface area (Å²) in [7, 11) is 0. The fraction of sp³-hybridized carbons (Fsp3) is 0.250. The summed E-state index contributed by atoms with van der Waals surface area (Å²) in [5, 5.41) is 10.8. The van der Waals surface area contributed by atoms with E-state index < -0.39 is 0 Å². The molecule has 0 saturated carbocycles. The van der Waals surface area contributed by atoms with Crippen molar-refractivity contribution in [3.63, 3.8) is 0 Å². The topological polar surface area (TPSA) is 96.7 Å². The van der Waals surface area contributed by atoms with Gasteiger partial charge in [0.15, 0.2) is 11.5 Å². The minimum Gasteiger partial charge on any atom is -0.378 e. The van der Waals surface area contributed by atoms with E-state index in [-0.39, 0.29) is 5.91 Å². The maximum absolute atomic E-state index is 11.9. The van der Waals surface area contributed by atoms with Crippen molar-refractivity contribution >= 4 is 51.3 Å². The van der Waals surface area contributed by atoms with Gasteiger partial charge in [0.25, 0.3) is 5.91 Å². The Balaban J connectivity index is 1.33. The molecule has 6 rings (SSSR count). The summed E-state index contributed by atoms with van der Waals surface area (Å²) in [5.74, 6) is 0.611. The number of carbonyl (C=O) groups is 1. The first-order chi connectivity index (χ1) is 16.7. The fourth-order valence-electron chi connectivity index (χ4n) is 4.45. The molecule has 0 radical (unpaired) electrons. The molecular formula is C24H22IN7O2. The minimum absolute atomic E-state index is 0.0316. The molecule has 0 aliphatic carbocycles. The maximum Gasteiger partial charge on any atom is 0.251 e. The highest BCUT2D eigenvalue weighted by atomic mass is 127. The first-order valence-corrected chi connectivity index (χ1v) is 12.6. The van der Waals surface area contributed by atoms with Crippen molar-refractivity contribution in [3.8, 4) is 11.3 Å². The quantitative estimate of drug-likeness (QED) is 0.281. The van der Waals surface area contributed by atoms with Crippen molar-refractivity contribution in [2.24, 2.45) is 0 Å². The van der Waals surface area contributed by atoms with Crippen molar-refractivity contribution in [1.82, 2.24) is 24.9 Å². The highest BCUT2D eigenvalue weighted by molar-refractivity contribution is 14.1. The Bertz CT molecular complexity index is 1400. The van der Waals surface area contributed by atoms with E-state index in [2.05, 4.69) is 66.4 Å². The summed E-state index contributed by atoms with van der Waals surface area (Å²) in [6, 6.07) is 12.3. The Kier molecular flexibility index (Phi) is 5.53. The van der Waals surface area contributed by atoms with Gasteiger partial charge in [-0.2, -0.15) is 5.10 Å². The molecule has 1 fully saturated rings. The number of alkyl halides is 1. The van der Waals surface area contributed by atoms with Crippen LogP contribution in [0.4, 0.5) is 17.2 Å². The van der Waals surface area contributed by atoms with Gasteiger partial charge in [0.1, 0.15) is 6.33 Å². The van der Waals surface area contributed by atoms with Gasteiger partial charge in [0.05, 0.1) is 25.1 Å². The molecule has 172 valence electrons. The predicted octanol–water partition coefficient (Wildman–Crippen LogP) is 3.55. The van der Waals surface area contributed by atoms with Crippen LogP contribution in [0.3, 0.4) is 0 Å². The third-order valence-corrected chi connectivity index (χ3v) is 7.07. The number of ether oxygens (including phenoxy) is 1. The van der Waals surface area contributed by atoms with Crippen LogP contribution in [0, 0.1) is 0 Å². The summed E-state index contributed by atoms with van der Waals surface area (Å²) >= 11 is 2.39. The highest BCUT2D eigenvalue weighted by Crippen LogP contribution is 2.31. The van der Waals surface area contributed by atoms with Gasteiger partial charge in [-0.15, -0.1) is 0 Å². The Morgan fingerprint density at radius 3 is 2.85 bits per heavy atom. The van der Waals surface area contributed by atoms with Gasteiger partial charge >= 0.3 is 0 Å². The molecule has 10 heteroatoms. The summed E-state index contributed by atoms with van der Waals surface area (Å²) in [6.45, 7) is 3.87. The molecule has 34 heavy (non-hydrogen) atoms. The van der Waals surface area contributed by atoms with Gasteiger partial charge in [-0.1, -0.05) is 28.7 Å². The normalized spacial score (nSPS) is 15.4. The number of nitrogens with one attached hydrogen (secondary N) is 2. The number of rotatable bonds is 5. The Morgan fingerprint density at radius 2 is 2.00 bits per heavy atom. The number of morpholine rings is 1. The van der Waals surface area contributed by atoms with Crippen molar-refractivity contribution in [3.05, 3.63) is 65.6 Å². The molecule has 0 unspecified atom stereocenters. The number of halogens is 1. The van der Waals surface area contributed by atoms with Crippen LogP contribution in [-0.4, -0.2) is 51.8 Å². The number of hydrogen-bond acceptors (Lipinski definition) is 7. The van der Waals surface area contributed by atoms with Crippen molar-refractivity contribution < 1.29 is 9.53 Å². The van der Waals surface area contributed by atoms with Crippen LogP contribution < -0.4 is 15.5 Å². The number of hydrogen-bond donors (Lipinski definition) is 2. The molecule has 4 aromatic rings. The first-order valence-electron chi connectivity index (χ1n) is 11.1. The summed E-state index contributed by atoms with van der Waals surface area (Å²) in [6.07, 6.45) is 3.33. The van der Waals surface area contributed by atoms with E-state index in [1.165, 1.54) is 17.6 Å². The zero-order chi connectivity index (χ0) is 23.1. The molecule has 4 heterocycles. The number of aromatic nitrogens is 4. The predicted molar refractivity (Wildman–Crippen MR) is 138 cm³/mol. The number of amides is 1. The zero-order valence-corrected chi connectivity index (χ0v) is 20.4. The molecule has 2 aliphatic rings. The molecule has 0 bridgehead atoms. The molecule has 2 N–H and O–H groups in total. The molecule has 1 saturated heterocycles. The van der Waals surface area contributed by atoms with Gasteiger partial charge < -0.3 is 20.3 Å². The van der Waals surface area contributed by atoms with E-state index in [9.17, 15) is 4.79 Å². The second-order valence-corrected chi connectivity index (χ2v) is 9.00. The SMILES string of the molecule is O=C1NCc2cc(-c3cnc(Nc4ccc(N5CCOCC5)cc4CI)c4ncnn34)ccc21. The summed E-state index contributed by atoms with van der Waals surface area (Å²) < 4.78 is 8.13. The van der Waals surface area contributed by atoms with Crippen LogP contribution in [0.2, 0.25) is 0 Å². The van der Waals surface area contributed by atoms with E-state index in [1.807, 2.05) is 18.2 Å². The van der Waals surface area contributed by atoms with Crippen molar-refractivity contribution in [2.45, 2.75) is 11.0 Å². The van der Waals surface area contributed by atoms with Gasteiger partial charge in [0, 0.05) is 46.6 Å². The van der Waals surface area contributed by atoms with Crippen LogP contribution >= 0.6 is 22.6 Å². The molecule has 2 aromatic carbocycles. The summed E-state index contributed by atoms with van der Waals surface area (Å²) in [4.78, 5) is 23.4. The van der Waals surface area contributed by atoms with Crippen LogP contribution in [0.5, 0.6) is 0 Å². The lowest BCUT2D eigenvalue weighted by Gasteiger charge is -2.29. The van der Waals surface area contributed by atoms with Crippen LogP contribution in [-0.2, 0) is 15.7 Å². The number of carbonyl (C=O) groups excluding carboxylic acids is 1. The van der Waals surface area contributed by atoms with Crippen LogP contribution in [0.25, 0.3) is 16.9 Å². The van der Waals surface area contributed by atoms with Crippen LogP contribution in [0.15, 0.2) is 48.9 Å². The van der Waals surface area contributed by atoms with Crippen molar-refractivity contribution in [1.29, 1.82) is 0 Å². The fourth-order valence-corrected chi connectivity index (χ4v) is 5.08. The Morgan fingerprint density at radius 1 is 1.12 bits per heavy atom. The second kappa shape index (κ2) is 8.84. The lowest BCUT2D eigenvalue weighted by molar-refractivity contribution is 0.0965. The van der Waals surface area contributed by atoms with Gasteiger partial charge in [-0.25, -0.2) is 14.5 Å². The van der Waals surface area contributed by atoms with E-state index in [1.54, 1.807) is 10.7 Å². The summed E-state index contributed by atoms with van der Waals surface area (Å²) in [5.41, 5.74) is 7.50. The highest BCUT2D eigenvalue weighted by Gasteiger charge is 2.20. The van der Waals surface area contributed by atoms with E-state index in [0.717, 1.165) is 58.8 Å². The molecule has 2 aliphatic heterocycles. The third kappa shape index (κ3) is 3.76. The molecular weight excluding hydrogens is 545 g/mol. The average Bonchev–Trinajstić information content (AvgIpc) is 3.52. The van der Waals surface area contributed by atoms with Gasteiger partial charge in [-0.05, 0) is 41.5 Å². The minimum atomic E-state index is -0.0316. The van der Waals surface area contributed by atoms with Gasteiger partial charge in [-0.3, -0.25) is 4.79 Å². The second-order valence-electron chi connectivity index (χ2n) is 8.24. The number of nitrogens with zero attached hydrogens (tertiary/aromatic N) is 5. The smallest absolute Gasteiger partial charge is 0.251 e. The van der Waals surface area contributed by atoms with E-state index in [4.69, 9.17) is 9.72 Å². The first kappa shape index (κ1) is 21.3. The number of fused-ring (bicyclic) bond motifs is 2. The zero-order valence-electron chi connectivity index (χ0n) is 18.3. The lowest BCUT2D eigenvalue weighted by atomic mass is 10.0. The average molecular weight is 567 g/mol. The molecule has 2 aromatic heterocycles. The van der Waals surface area contributed by atoms with E-state index >= 15 is 0 Å². The third-order valence-electron chi connectivity index (χ3n) is 6.25. The Hall–Kier alpha value is -3.25. The molecule has 0 atom stereocenters. The molecule has 1 amide bonds. The standard InChI is InChI=1S/C24H22IN7O2/c25-11-16-10-18(31-5-7-34-8-6-31)2-4-20(16)30-22-23-28-14-29-32(23)21(13-26-22)15-1-3-19-17(9-15)12-27-24(19)33/h1-4,9-10,13-14H,5-8,11-12H2,(H,26,30)(H,27,33). The largest absolute Gasteiger partial charge is 0.378 e. The van der Waals surface area contributed by atoms with Crippen molar-refractivity contribution in [2.75, 3.05) is 36.5 Å². The number of benzene rings is 2. The van der Waals surface area contributed by atoms with E-state index in [0.29, 0.717) is 18.0 Å². The maximum atomic E-state index is 11.9. The van der Waals surface area contributed by atoms with Gasteiger partial charge in [0.2, 0.25) is 0 Å². The monoisotopic (exact) mass is 567 g/mol. The lowest BCUT2D eigenvalue weighted by Crippen LogP contribution is -2.36. The molecule has 0 spiro atoms. The Labute approximate surface area is 209 Å². The number of anilines is 3. The van der Waals surface area contributed by atoms with Crippen LogP contribution in [0.1, 0.15) is 21.5 Å². The molecule has 9 nitrogen and oxygen atoms in total.